The Bertz CT molecular complexity index is 1040. The number of rotatable bonds is 7. The fraction of sp³-hybridized carbons (Fsp3) is 0.190. The lowest BCUT2D eigenvalue weighted by atomic mass is 10.1. The van der Waals surface area contributed by atoms with Crippen molar-refractivity contribution in [2.45, 2.75) is 19.4 Å². The van der Waals surface area contributed by atoms with Crippen LogP contribution >= 0.6 is 0 Å². The molecule has 2 aromatic heterocycles. The molecule has 1 aromatic carbocycles. The van der Waals surface area contributed by atoms with E-state index in [4.69, 9.17) is 4.74 Å². The number of amides is 1. The molecule has 9 heteroatoms. The topological polar surface area (TPSA) is 84.3 Å². The van der Waals surface area contributed by atoms with Crippen LogP contribution in [0, 0.1) is 17.5 Å². The smallest absolute Gasteiger partial charge is 0.274 e. The summed E-state index contributed by atoms with van der Waals surface area (Å²) in [6.07, 6.45) is 2.64. The van der Waals surface area contributed by atoms with E-state index < -0.39 is 40.7 Å². The van der Waals surface area contributed by atoms with Gasteiger partial charge in [0, 0.05) is 18.7 Å². The standard InChI is InChI=1S/C21H18F3N3O3/c1-12(28)8-10-30-18-7-9-25-11-17(18)27-21(29)16-6-5-15(24)20(26-16)19-13(22)3-2-4-14(19)23/h2-7,9,11-12,28H,8,10H2,1H3,(H,27,29). The van der Waals surface area contributed by atoms with E-state index in [9.17, 15) is 23.1 Å². The van der Waals surface area contributed by atoms with Crippen molar-refractivity contribution in [3.05, 3.63) is 71.9 Å². The van der Waals surface area contributed by atoms with Gasteiger partial charge < -0.3 is 15.2 Å². The number of hydrogen-bond acceptors (Lipinski definition) is 5. The zero-order valence-electron chi connectivity index (χ0n) is 15.9. The summed E-state index contributed by atoms with van der Waals surface area (Å²) >= 11 is 0. The van der Waals surface area contributed by atoms with Gasteiger partial charge in [0.15, 0.2) is 0 Å². The second-order valence-corrected chi connectivity index (χ2v) is 6.44. The number of aliphatic hydroxyl groups is 1. The van der Waals surface area contributed by atoms with Gasteiger partial charge in [0.05, 0.1) is 24.5 Å². The van der Waals surface area contributed by atoms with Crippen LogP contribution in [0.5, 0.6) is 5.75 Å². The Hall–Kier alpha value is -3.46. The summed E-state index contributed by atoms with van der Waals surface area (Å²) in [5.74, 6) is -3.41. The Balaban J connectivity index is 1.86. The van der Waals surface area contributed by atoms with Crippen molar-refractivity contribution in [1.29, 1.82) is 0 Å². The summed E-state index contributed by atoms with van der Waals surface area (Å²) in [7, 11) is 0. The van der Waals surface area contributed by atoms with E-state index in [0.717, 1.165) is 30.3 Å². The van der Waals surface area contributed by atoms with Crippen LogP contribution in [0.25, 0.3) is 11.3 Å². The molecule has 156 valence electrons. The van der Waals surface area contributed by atoms with Gasteiger partial charge in [0.2, 0.25) is 0 Å². The Morgan fingerprint density at radius 1 is 1.13 bits per heavy atom. The van der Waals surface area contributed by atoms with Gasteiger partial charge in [0.1, 0.15) is 40.3 Å². The van der Waals surface area contributed by atoms with Crippen molar-refractivity contribution in [2.75, 3.05) is 11.9 Å². The van der Waals surface area contributed by atoms with Crippen molar-refractivity contribution in [2.24, 2.45) is 0 Å². The van der Waals surface area contributed by atoms with Gasteiger partial charge in [-0.05, 0) is 31.2 Å². The van der Waals surface area contributed by atoms with Crippen LogP contribution in [-0.4, -0.2) is 33.7 Å². The minimum atomic E-state index is -1.000. The monoisotopic (exact) mass is 417 g/mol. The summed E-state index contributed by atoms with van der Waals surface area (Å²) in [5.41, 5.74) is -1.31. The number of halogens is 3. The lowest BCUT2D eigenvalue weighted by molar-refractivity contribution is 0.102. The zero-order valence-corrected chi connectivity index (χ0v) is 15.9. The number of pyridine rings is 2. The van der Waals surface area contributed by atoms with E-state index in [1.54, 1.807) is 6.92 Å². The molecule has 0 aliphatic heterocycles. The third kappa shape index (κ3) is 4.93. The van der Waals surface area contributed by atoms with Gasteiger partial charge >= 0.3 is 0 Å². The maximum Gasteiger partial charge on any atom is 0.274 e. The van der Waals surface area contributed by atoms with E-state index in [0.29, 0.717) is 12.2 Å². The van der Waals surface area contributed by atoms with Crippen molar-refractivity contribution < 1.29 is 27.8 Å². The molecule has 1 atom stereocenters. The molecule has 30 heavy (non-hydrogen) atoms. The molecule has 0 bridgehead atoms. The number of benzene rings is 1. The van der Waals surface area contributed by atoms with E-state index in [2.05, 4.69) is 15.3 Å². The number of aromatic nitrogens is 2. The molecule has 0 aliphatic rings. The largest absolute Gasteiger partial charge is 0.491 e. The Labute approximate surface area is 170 Å². The van der Waals surface area contributed by atoms with Gasteiger partial charge in [-0.2, -0.15) is 0 Å². The van der Waals surface area contributed by atoms with Crippen LogP contribution in [0.4, 0.5) is 18.9 Å². The fourth-order valence-electron chi connectivity index (χ4n) is 2.60. The lowest BCUT2D eigenvalue weighted by Crippen LogP contribution is -2.16. The molecule has 0 fully saturated rings. The summed E-state index contributed by atoms with van der Waals surface area (Å²) in [5, 5.41) is 11.9. The van der Waals surface area contributed by atoms with Crippen LogP contribution in [0.15, 0.2) is 48.8 Å². The van der Waals surface area contributed by atoms with Gasteiger partial charge in [-0.25, -0.2) is 18.2 Å². The SMILES string of the molecule is CC(O)CCOc1ccncc1NC(=O)c1ccc(F)c(-c2c(F)cccc2F)n1. The highest BCUT2D eigenvalue weighted by atomic mass is 19.1. The molecule has 3 rings (SSSR count). The Kier molecular flexibility index (Phi) is 6.63. The Morgan fingerprint density at radius 3 is 2.57 bits per heavy atom. The molecular formula is C21H18F3N3O3. The molecule has 0 saturated heterocycles. The lowest BCUT2D eigenvalue weighted by Gasteiger charge is -2.13. The highest BCUT2D eigenvalue weighted by Crippen LogP contribution is 2.28. The predicted molar refractivity (Wildman–Crippen MR) is 104 cm³/mol. The van der Waals surface area contributed by atoms with Crippen LogP contribution in [0.3, 0.4) is 0 Å². The predicted octanol–water partition coefficient (Wildman–Crippen LogP) is 3.96. The quantitative estimate of drug-likeness (QED) is 0.608. The molecule has 0 spiro atoms. The number of nitrogens with zero attached hydrogens (tertiary/aromatic N) is 2. The number of ether oxygens (including phenoxy) is 1. The molecular weight excluding hydrogens is 399 g/mol. The molecule has 3 aromatic rings. The van der Waals surface area contributed by atoms with Gasteiger partial charge in [-0.15, -0.1) is 0 Å². The average Bonchev–Trinajstić information content (AvgIpc) is 2.70. The van der Waals surface area contributed by atoms with E-state index in [1.807, 2.05) is 0 Å². The second-order valence-electron chi connectivity index (χ2n) is 6.44. The van der Waals surface area contributed by atoms with Crippen LogP contribution in [0.1, 0.15) is 23.8 Å². The molecule has 1 unspecified atom stereocenters. The van der Waals surface area contributed by atoms with E-state index in [1.165, 1.54) is 18.5 Å². The van der Waals surface area contributed by atoms with Gasteiger partial charge in [-0.1, -0.05) is 6.07 Å². The third-order valence-corrected chi connectivity index (χ3v) is 4.10. The summed E-state index contributed by atoms with van der Waals surface area (Å²) in [4.78, 5) is 20.3. The zero-order chi connectivity index (χ0) is 21.7. The van der Waals surface area contributed by atoms with Crippen LogP contribution in [0.2, 0.25) is 0 Å². The minimum absolute atomic E-state index is 0.204. The number of hydrogen-bond donors (Lipinski definition) is 2. The first kappa shape index (κ1) is 21.3. The molecule has 0 aliphatic carbocycles. The normalized spacial score (nSPS) is 11.8. The number of carbonyl (C=O) groups is 1. The van der Waals surface area contributed by atoms with Gasteiger partial charge in [0.25, 0.3) is 5.91 Å². The number of aliphatic hydroxyl groups excluding tert-OH is 1. The highest BCUT2D eigenvalue weighted by Gasteiger charge is 2.20. The fourth-order valence-corrected chi connectivity index (χ4v) is 2.60. The number of nitrogens with one attached hydrogen (secondary N) is 1. The third-order valence-electron chi connectivity index (χ3n) is 4.10. The molecule has 2 heterocycles. The van der Waals surface area contributed by atoms with Crippen molar-refractivity contribution >= 4 is 11.6 Å². The molecule has 6 nitrogen and oxygen atoms in total. The van der Waals surface area contributed by atoms with Crippen molar-refractivity contribution in [3.63, 3.8) is 0 Å². The maximum absolute atomic E-state index is 14.2. The molecule has 1 amide bonds. The average molecular weight is 417 g/mol. The van der Waals surface area contributed by atoms with Crippen molar-refractivity contribution in [3.8, 4) is 17.0 Å². The molecule has 0 saturated carbocycles. The summed E-state index contributed by atoms with van der Waals surface area (Å²) in [6.45, 7) is 1.82. The van der Waals surface area contributed by atoms with E-state index >= 15 is 0 Å². The number of carbonyl (C=O) groups excluding carboxylic acids is 1. The summed E-state index contributed by atoms with van der Waals surface area (Å²) < 4.78 is 47.8. The Morgan fingerprint density at radius 2 is 1.87 bits per heavy atom. The minimum Gasteiger partial charge on any atom is -0.491 e. The maximum atomic E-state index is 14.2. The number of anilines is 1. The van der Waals surface area contributed by atoms with Crippen LogP contribution in [-0.2, 0) is 0 Å². The molecule has 2 N–H and O–H groups in total. The van der Waals surface area contributed by atoms with Crippen LogP contribution < -0.4 is 10.1 Å². The highest BCUT2D eigenvalue weighted by molar-refractivity contribution is 6.03. The second kappa shape index (κ2) is 9.36. The van der Waals surface area contributed by atoms with Gasteiger partial charge in [-0.3, -0.25) is 9.78 Å². The first-order valence-electron chi connectivity index (χ1n) is 9.04. The van der Waals surface area contributed by atoms with Crippen molar-refractivity contribution in [1.82, 2.24) is 9.97 Å². The summed E-state index contributed by atoms with van der Waals surface area (Å²) in [6, 6.07) is 6.61. The molecule has 0 radical (unpaired) electrons. The van der Waals surface area contributed by atoms with E-state index in [-0.39, 0.29) is 18.0 Å². The first-order valence-corrected chi connectivity index (χ1v) is 9.04. The first-order chi connectivity index (χ1) is 14.4.